The third kappa shape index (κ3) is 2.73. The summed E-state index contributed by atoms with van der Waals surface area (Å²) in [5.74, 6) is 0.921. The fraction of sp³-hybridized carbons (Fsp3) is 0.300. The summed E-state index contributed by atoms with van der Waals surface area (Å²) in [5.41, 5.74) is 4.69. The van der Waals surface area contributed by atoms with Crippen LogP contribution in [0.2, 0.25) is 0 Å². The predicted octanol–water partition coefficient (Wildman–Crippen LogP) is 2.42. The highest BCUT2D eigenvalue weighted by Gasteiger charge is 2.24. The minimum absolute atomic E-state index is 0.257. The summed E-state index contributed by atoms with van der Waals surface area (Å²) >= 11 is 0. The molecule has 28 heavy (non-hydrogen) atoms. The fourth-order valence-corrected chi connectivity index (χ4v) is 3.70. The molecule has 0 aliphatic carbocycles. The summed E-state index contributed by atoms with van der Waals surface area (Å²) in [6.07, 6.45) is 7.26. The van der Waals surface area contributed by atoms with Gasteiger partial charge < -0.3 is 9.64 Å². The summed E-state index contributed by atoms with van der Waals surface area (Å²) < 4.78 is 9.35. The lowest BCUT2D eigenvalue weighted by Gasteiger charge is -2.34. The molecule has 0 amide bonds. The van der Waals surface area contributed by atoms with Gasteiger partial charge in [-0.2, -0.15) is 10.2 Å². The zero-order valence-corrected chi connectivity index (χ0v) is 15.9. The van der Waals surface area contributed by atoms with Crippen LogP contribution < -0.4 is 4.90 Å². The maximum absolute atomic E-state index is 5.61. The molecule has 0 aromatic carbocycles. The lowest BCUT2D eigenvalue weighted by molar-refractivity contribution is 0.0985. The Bertz CT molecular complexity index is 1120. The molecule has 142 valence electrons. The van der Waals surface area contributed by atoms with E-state index in [2.05, 4.69) is 33.1 Å². The molecule has 0 spiro atoms. The summed E-state index contributed by atoms with van der Waals surface area (Å²) in [6.45, 7) is 4.37. The monoisotopic (exact) mass is 375 g/mol. The van der Waals surface area contributed by atoms with Crippen LogP contribution in [0.1, 0.15) is 6.92 Å². The van der Waals surface area contributed by atoms with E-state index >= 15 is 0 Å². The van der Waals surface area contributed by atoms with Crippen molar-refractivity contribution in [3.63, 3.8) is 0 Å². The highest BCUT2D eigenvalue weighted by atomic mass is 16.5. The first kappa shape index (κ1) is 16.9. The lowest BCUT2D eigenvalue weighted by atomic mass is 10.1. The van der Waals surface area contributed by atoms with Gasteiger partial charge in [0.05, 0.1) is 36.8 Å². The number of aromatic nitrogens is 6. The van der Waals surface area contributed by atoms with Gasteiger partial charge in [0.2, 0.25) is 0 Å². The van der Waals surface area contributed by atoms with Crippen molar-refractivity contribution in [2.24, 2.45) is 7.05 Å². The second-order valence-corrected chi connectivity index (χ2v) is 6.99. The molecule has 5 rings (SSSR count). The molecule has 1 unspecified atom stereocenters. The van der Waals surface area contributed by atoms with Gasteiger partial charge in [0.25, 0.3) is 0 Å². The minimum Gasteiger partial charge on any atom is -0.377 e. The Morgan fingerprint density at radius 3 is 2.79 bits per heavy atom. The second-order valence-electron chi connectivity index (χ2n) is 6.99. The first-order chi connectivity index (χ1) is 13.7. The number of hydrogen-bond acceptors (Lipinski definition) is 6. The second kappa shape index (κ2) is 6.72. The highest BCUT2D eigenvalue weighted by Crippen LogP contribution is 2.30. The van der Waals surface area contributed by atoms with Crippen LogP contribution in [0.25, 0.3) is 28.2 Å². The number of ether oxygens (including phenoxy) is 1. The quantitative estimate of drug-likeness (QED) is 0.548. The van der Waals surface area contributed by atoms with Crippen LogP contribution >= 0.6 is 0 Å². The molecule has 1 fully saturated rings. The third-order valence-electron chi connectivity index (χ3n) is 5.18. The van der Waals surface area contributed by atoms with Crippen molar-refractivity contribution in [3.8, 4) is 22.5 Å². The van der Waals surface area contributed by atoms with Crippen LogP contribution in [0.5, 0.6) is 0 Å². The maximum atomic E-state index is 5.61. The van der Waals surface area contributed by atoms with Gasteiger partial charge in [-0.1, -0.05) is 6.07 Å². The molecule has 0 radical (unpaired) electrons. The smallest absolute Gasteiger partial charge is 0.165 e. The molecule has 1 saturated heterocycles. The third-order valence-corrected chi connectivity index (χ3v) is 5.18. The summed E-state index contributed by atoms with van der Waals surface area (Å²) in [6, 6.07) is 8.29. The molecule has 8 heteroatoms. The van der Waals surface area contributed by atoms with Crippen molar-refractivity contribution in [2.75, 3.05) is 24.7 Å². The largest absolute Gasteiger partial charge is 0.377 e. The fourth-order valence-electron chi connectivity index (χ4n) is 3.70. The highest BCUT2D eigenvalue weighted by molar-refractivity contribution is 5.80. The number of anilines is 1. The van der Waals surface area contributed by atoms with Crippen molar-refractivity contribution in [1.29, 1.82) is 0 Å². The first-order valence-corrected chi connectivity index (χ1v) is 9.34. The van der Waals surface area contributed by atoms with Gasteiger partial charge in [0, 0.05) is 49.4 Å². The van der Waals surface area contributed by atoms with E-state index in [0.29, 0.717) is 13.2 Å². The van der Waals surface area contributed by atoms with Crippen LogP contribution in [0, 0.1) is 0 Å². The first-order valence-electron chi connectivity index (χ1n) is 9.34. The Labute approximate surface area is 162 Å². The molecule has 0 N–H and O–H groups in total. The van der Waals surface area contributed by atoms with Crippen LogP contribution in [0.15, 0.2) is 49.1 Å². The zero-order chi connectivity index (χ0) is 19.1. The summed E-state index contributed by atoms with van der Waals surface area (Å²) in [7, 11) is 1.93. The molecule has 0 saturated carbocycles. The Morgan fingerprint density at radius 1 is 1.11 bits per heavy atom. The molecule has 1 aliphatic heterocycles. The van der Waals surface area contributed by atoms with Gasteiger partial charge in [-0.05, 0) is 19.1 Å². The van der Waals surface area contributed by atoms with Gasteiger partial charge in [-0.25, -0.2) is 9.50 Å². The normalized spacial score (nSPS) is 17.4. The van der Waals surface area contributed by atoms with E-state index in [9.17, 15) is 0 Å². The summed E-state index contributed by atoms with van der Waals surface area (Å²) in [4.78, 5) is 11.5. The van der Waals surface area contributed by atoms with Crippen LogP contribution in [0.3, 0.4) is 0 Å². The topological polar surface area (TPSA) is 73.4 Å². The molecule has 4 aromatic rings. The number of fused-ring (bicyclic) bond motifs is 1. The Kier molecular flexibility index (Phi) is 4.05. The molecule has 1 atom stereocenters. The van der Waals surface area contributed by atoms with Crippen molar-refractivity contribution in [3.05, 3.63) is 49.1 Å². The Hall–Kier alpha value is -3.26. The van der Waals surface area contributed by atoms with Gasteiger partial charge in [0.15, 0.2) is 5.65 Å². The molecular formula is C20H21N7O. The van der Waals surface area contributed by atoms with E-state index in [0.717, 1.165) is 40.5 Å². The van der Waals surface area contributed by atoms with Crippen LogP contribution in [-0.4, -0.2) is 55.2 Å². The van der Waals surface area contributed by atoms with E-state index < -0.39 is 0 Å². The van der Waals surface area contributed by atoms with E-state index in [1.807, 2.05) is 46.8 Å². The Morgan fingerprint density at radius 2 is 2.04 bits per heavy atom. The number of morpholine rings is 1. The Balaban J connectivity index is 1.76. The minimum atomic E-state index is 0.257. The number of hydrogen-bond donors (Lipinski definition) is 0. The average molecular weight is 375 g/mol. The van der Waals surface area contributed by atoms with Crippen molar-refractivity contribution in [2.45, 2.75) is 13.0 Å². The number of pyridine rings is 1. The van der Waals surface area contributed by atoms with Crippen LogP contribution in [0.4, 0.5) is 5.82 Å². The van der Waals surface area contributed by atoms with Crippen molar-refractivity contribution >= 4 is 11.5 Å². The SMILES string of the molecule is CC1COCCN1c1cc(-c2ccnn2C)n2ncc(-c3cccnc3)c2n1. The maximum Gasteiger partial charge on any atom is 0.165 e. The van der Waals surface area contributed by atoms with Crippen molar-refractivity contribution in [1.82, 2.24) is 29.4 Å². The van der Waals surface area contributed by atoms with Gasteiger partial charge in [-0.3, -0.25) is 9.67 Å². The van der Waals surface area contributed by atoms with E-state index in [4.69, 9.17) is 9.72 Å². The molecule has 5 heterocycles. The van der Waals surface area contributed by atoms with E-state index in [1.165, 1.54) is 0 Å². The van der Waals surface area contributed by atoms with Crippen molar-refractivity contribution < 1.29 is 4.74 Å². The standard InChI is InChI=1S/C20H21N7O/c1-14-13-28-9-8-26(14)19-10-18(17-5-7-22-25(17)2)27-20(24-19)16(12-23-27)15-4-3-6-21-11-15/h3-7,10-12,14H,8-9,13H2,1-2H3. The van der Waals surface area contributed by atoms with Gasteiger partial charge in [0.1, 0.15) is 5.82 Å². The molecule has 4 aromatic heterocycles. The average Bonchev–Trinajstić information content (AvgIpc) is 3.34. The van der Waals surface area contributed by atoms with Crippen LogP contribution in [-0.2, 0) is 11.8 Å². The molecule has 1 aliphatic rings. The molecule has 0 bridgehead atoms. The van der Waals surface area contributed by atoms with E-state index in [1.54, 1.807) is 12.4 Å². The van der Waals surface area contributed by atoms with Gasteiger partial charge in [-0.15, -0.1) is 0 Å². The predicted molar refractivity (Wildman–Crippen MR) is 106 cm³/mol. The number of nitrogens with zero attached hydrogens (tertiary/aromatic N) is 7. The number of rotatable bonds is 3. The van der Waals surface area contributed by atoms with Gasteiger partial charge >= 0.3 is 0 Å². The zero-order valence-electron chi connectivity index (χ0n) is 15.9. The lowest BCUT2D eigenvalue weighted by Crippen LogP contribution is -2.44. The van der Waals surface area contributed by atoms with E-state index in [-0.39, 0.29) is 6.04 Å². The molecular weight excluding hydrogens is 354 g/mol. The number of aryl methyl sites for hydroxylation is 1. The summed E-state index contributed by atoms with van der Waals surface area (Å²) in [5, 5.41) is 8.97. The molecule has 8 nitrogen and oxygen atoms in total.